The van der Waals surface area contributed by atoms with Gasteiger partial charge in [-0.25, -0.2) is 0 Å². The average Bonchev–Trinajstić information content (AvgIpc) is 1.62. The molecule has 0 atom stereocenters. The van der Waals surface area contributed by atoms with E-state index in [1.54, 1.807) is 0 Å². The highest BCUT2D eigenvalue weighted by Gasteiger charge is 1.94. The summed E-state index contributed by atoms with van der Waals surface area (Å²) in [6, 6.07) is 0. The van der Waals surface area contributed by atoms with Gasteiger partial charge < -0.3 is 5.32 Å². The minimum atomic E-state index is 1.17. The second kappa shape index (κ2) is 4.21. The van der Waals surface area contributed by atoms with Gasteiger partial charge in [-0.1, -0.05) is 6.42 Å². The number of thioether (sulfide) groups is 1. The third-order valence-corrected chi connectivity index (χ3v) is 2.33. The lowest BCUT2D eigenvalue weighted by Gasteiger charge is -2.07. The molecule has 1 aliphatic heterocycles. The highest BCUT2D eigenvalue weighted by molar-refractivity contribution is 7.99. The molecule has 1 heterocycles. The molecule has 1 saturated heterocycles. The SMILES string of the molecule is C1CCNCSCC1. The standard InChI is InChI=1S/C6H13NS/c1-2-4-7-6-8-5-3-1/h7H,1-6H2. The molecule has 1 rings (SSSR count). The second-order valence-electron chi connectivity index (χ2n) is 2.11. The normalized spacial score (nSPS) is 24.0. The first-order chi connectivity index (χ1) is 4.00. The van der Waals surface area contributed by atoms with E-state index in [1.807, 2.05) is 11.8 Å². The van der Waals surface area contributed by atoms with E-state index in [4.69, 9.17) is 0 Å². The molecule has 0 saturated carbocycles. The predicted octanol–water partition coefficient (Wildman–Crippen LogP) is 1.45. The van der Waals surface area contributed by atoms with Crippen LogP contribution in [0, 0.1) is 0 Å². The summed E-state index contributed by atoms with van der Waals surface area (Å²) in [4.78, 5) is 0. The lowest BCUT2D eigenvalue weighted by Crippen LogP contribution is -2.16. The van der Waals surface area contributed by atoms with Gasteiger partial charge in [0.15, 0.2) is 0 Å². The Kier molecular flexibility index (Phi) is 3.39. The van der Waals surface area contributed by atoms with Crippen LogP contribution in [0.5, 0.6) is 0 Å². The van der Waals surface area contributed by atoms with Crippen LogP contribution in [0.3, 0.4) is 0 Å². The molecule has 0 unspecified atom stereocenters. The first kappa shape index (κ1) is 6.43. The molecule has 1 nitrogen and oxygen atoms in total. The van der Waals surface area contributed by atoms with E-state index in [1.165, 1.54) is 37.4 Å². The number of hydrogen-bond acceptors (Lipinski definition) is 2. The van der Waals surface area contributed by atoms with E-state index in [9.17, 15) is 0 Å². The predicted molar refractivity (Wildman–Crippen MR) is 39.2 cm³/mol. The highest BCUT2D eigenvalue weighted by atomic mass is 32.2. The molecule has 0 aromatic heterocycles. The lowest BCUT2D eigenvalue weighted by molar-refractivity contribution is 0.651. The van der Waals surface area contributed by atoms with Gasteiger partial charge in [0.25, 0.3) is 0 Å². The summed E-state index contributed by atoms with van der Waals surface area (Å²) < 4.78 is 0. The molecule has 2 heteroatoms. The van der Waals surface area contributed by atoms with Crippen LogP contribution in [-0.2, 0) is 0 Å². The van der Waals surface area contributed by atoms with Crippen LogP contribution >= 0.6 is 11.8 Å². The minimum Gasteiger partial charge on any atom is -0.308 e. The minimum absolute atomic E-state index is 1.17. The molecule has 0 aliphatic carbocycles. The number of rotatable bonds is 0. The van der Waals surface area contributed by atoms with Gasteiger partial charge in [-0.15, -0.1) is 11.8 Å². The van der Waals surface area contributed by atoms with Gasteiger partial charge in [-0.3, -0.25) is 0 Å². The van der Waals surface area contributed by atoms with Crippen LogP contribution in [0.4, 0.5) is 0 Å². The zero-order valence-corrected chi connectivity index (χ0v) is 5.97. The zero-order valence-electron chi connectivity index (χ0n) is 5.15. The Labute approximate surface area is 55.2 Å². The van der Waals surface area contributed by atoms with Gasteiger partial charge in [0.1, 0.15) is 0 Å². The third kappa shape index (κ3) is 2.58. The molecule has 1 N–H and O–H groups in total. The van der Waals surface area contributed by atoms with Gasteiger partial charge >= 0.3 is 0 Å². The molecule has 0 radical (unpaired) electrons. The topological polar surface area (TPSA) is 12.0 Å². The van der Waals surface area contributed by atoms with Crippen molar-refractivity contribution in [3.05, 3.63) is 0 Å². The smallest absolute Gasteiger partial charge is 0.0417 e. The Morgan fingerprint density at radius 2 is 2.12 bits per heavy atom. The van der Waals surface area contributed by atoms with Crippen molar-refractivity contribution < 1.29 is 0 Å². The summed E-state index contributed by atoms with van der Waals surface area (Å²) in [6.07, 6.45) is 4.22. The van der Waals surface area contributed by atoms with E-state index >= 15 is 0 Å². The Morgan fingerprint density at radius 1 is 1.12 bits per heavy atom. The summed E-state index contributed by atoms with van der Waals surface area (Å²) in [5.74, 6) is 2.52. The summed E-state index contributed by atoms with van der Waals surface area (Å²) in [5.41, 5.74) is 0. The van der Waals surface area contributed by atoms with Crippen molar-refractivity contribution in [3.8, 4) is 0 Å². The van der Waals surface area contributed by atoms with Crippen molar-refractivity contribution in [3.63, 3.8) is 0 Å². The average molecular weight is 131 g/mol. The van der Waals surface area contributed by atoms with E-state index in [2.05, 4.69) is 5.32 Å². The molecule has 0 aromatic rings. The van der Waals surface area contributed by atoms with Gasteiger partial charge in [-0.05, 0) is 25.1 Å². The molecular weight excluding hydrogens is 118 g/mol. The Balaban J connectivity index is 2.00. The van der Waals surface area contributed by atoms with Crippen LogP contribution < -0.4 is 5.32 Å². The lowest BCUT2D eigenvalue weighted by atomic mass is 10.2. The largest absolute Gasteiger partial charge is 0.308 e. The van der Waals surface area contributed by atoms with Crippen LogP contribution in [-0.4, -0.2) is 18.2 Å². The molecule has 48 valence electrons. The molecule has 1 aliphatic rings. The summed E-state index contributed by atoms with van der Waals surface area (Å²) in [7, 11) is 0. The van der Waals surface area contributed by atoms with Gasteiger partial charge in [0, 0.05) is 5.88 Å². The van der Waals surface area contributed by atoms with E-state index in [0.717, 1.165) is 0 Å². The van der Waals surface area contributed by atoms with Crippen molar-refractivity contribution >= 4 is 11.8 Å². The fourth-order valence-corrected chi connectivity index (χ4v) is 1.69. The molecule has 0 spiro atoms. The van der Waals surface area contributed by atoms with Crippen molar-refractivity contribution in [1.29, 1.82) is 0 Å². The van der Waals surface area contributed by atoms with Gasteiger partial charge in [0.2, 0.25) is 0 Å². The maximum absolute atomic E-state index is 3.35. The zero-order chi connectivity index (χ0) is 5.66. The van der Waals surface area contributed by atoms with Crippen LogP contribution in [0.25, 0.3) is 0 Å². The maximum Gasteiger partial charge on any atom is 0.0417 e. The van der Waals surface area contributed by atoms with Crippen molar-refractivity contribution in [1.82, 2.24) is 5.32 Å². The van der Waals surface area contributed by atoms with Crippen molar-refractivity contribution in [2.75, 3.05) is 18.2 Å². The second-order valence-corrected chi connectivity index (χ2v) is 3.22. The fourth-order valence-electron chi connectivity index (χ4n) is 0.847. The van der Waals surface area contributed by atoms with E-state index in [-0.39, 0.29) is 0 Å². The van der Waals surface area contributed by atoms with Crippen LogP contribution in [0.2, 0.25) is 0 Å². The Morgan fingerprint density at radius 3 is 3.12 bits per heavy atom. The molecule has 8 heavy (non-hydrogen) atoms. The van der Waals surface area contributed by atoms with Gasteiger partial charge in [0.05, 0.1) is 0 Å². The van der Waals surface area contributed by atoms with E-state index in [0.29, 0.717) is 0 Å². The highest BCUT2D eigenvalue weighted by Crippen LogP contribution is 2.06. The quantitative estimate of drug-likeness (QED) is 0.534. The maximum atomic E-state index is 3.35. The molecule has 0 amide bonds. The molecular formula is C6H13NS. The summed E-state index contributed by atoms with van der Waals surface area (Å²) >= 11 is 2.02. The fraction of sp³-hybridized carbons (Fsp3) is 1.00. The van der Waals surface area contributed by atoms with E-state index < -0.39 is 0 Å². The summed E-state index contributed by atoms with van der Waals surface area (Å²) in [5, 5.41) is 3.35. The number of nitrogens with one attached hydrogen (secondary N) is 1. The van der Waals surface area contributed by atoms with Crippen molar-refractivity contribution in [2.24, 2.45) is 0 Å². The Bertz CT molecular complexity index is 32.5. The molecule has 0 bridgehead atoms. The van der Waals surface area contributed by atoms with Crippen LogP contribution in [0.1, 0.15) is 19.3 Å². The molecule has 0 aromatic carbocycles. The van der Waals surface area contributed by atoms with Gasteiger partial charge in [-0.2, -0.15) is 0 Å². The van der Waals surface area contributed by atoms with Crippen molar-refractivity contribution in [2.45, 2.75) is 19.3 Å². The Hall–Kier alpha value is 0.310. The first-order valence-corrected chi connectivity index (χ1v) is 4.44. The summed E-state index contributed by atoms with van der Waals surface area (Å²) in [6.45, 7) is 1.23. The monoisotopic (exact) mass is 131 g/mol. The third-order valence-electron chi connectivity index (χ3n) is 1.35. The number of hydrogen-bond donors (Lipinski definition) is 1. The molecule has 1 fully saturated rings. The first-order valence-electron chi connectivity index (χ1n) is 3.28. The van der Waals surface area contributed by atoms with Crippen LogP contribution in [0.15, 0.2) is 0 Å².